The van der Waals surface area contributed by atoms with Crippen LogP contribution in [0, 0.1) is 13.8 Å². The van der Waals surface area contributed by atoms with E-state index in [2.05, 4.69) is 85.3 Å². The van der Waals surface area contributed by atoms with Crippen molar-refractivity contribution in [3.63, 3.8) is 0 Å². The fraction of sp³-hybridized carbons (Fsp3) is 0.241. The summed E-state index contributed by atoms with van der Waals surface area (Å²) in [6.07, 6.45) is 4.61. The quantitative estimate of drug-likeness (QED) is 0.240. The Bertz CT molecular complexity index is 1220. The third kappa shape index (κ3) is 5.01. The van der Waals surface area contributed by atoms with Crippen LogP contribution in [0.25, 0.3) is 0 Å². The van der Waals surface area contributed by atoms with Crippen LogP contribution in [0.2, 0.25) is 0 Å². The summed E-state index contributed by atoms with van der Waals surface area (Å²) >= 11 is 0. The van der Waals surface area contributed by atoms with E-state index in [1.165, 1.54) is 33.6 Å². The number of aliphatic hydroxyl groups excluding tert-OH is 1. The Kier molecular flexibility index (Phi) is 8.13. The summed E-state index contributed by atoms with van der Waals surface area (Å²) in [5, 5.41) is 18.4. The molecule has 0 bridgehead atoms. The van der Waals surface area contributed by atoms with Crippen LogP contribution in [-0.2, 0) is 28.6 Å². The van der Waals surface area contributed by atoms with Gasteiger partial charge in [-0.3, -0.25) is 0 Å². The Morgan fingerprint density at radius 1 is 0.971 bits per heavy atom. The summed E-state index contributed by atoms with van der Waals surface area (Å²) < 4.78 is 0. The summed E-state index contributed by atoms with van der Waals surface area (Å²) in [4.78, 5) is 2.37. The van der Waals surface area contributed by atoms with Gasteiger partial charge in [-0.1, -0.05) is 54.6 Å². The number of nitrogens with zero attached hydrogens (tertiary/aromatic N) is 3. The molecular weight excluding hydrogens is 465 g/mol. The number of aliphatic hydroxyl groups is 1. The summed E-state index contributed by atoms with van der Waals surface area (Å²) in [6.45, 7) is 9.70. The minimum Gasteiger partial charge on any atom is -0.492 e. The van der Waals surface area contributed by atoms with E-state index in [0.717, 1.165) is 13.0 Å². The second kappa shape index (κ2) is 10.8. The molecule has 0 saturated heterocycles. The van der Waals surface area contributed by atoms with Crippen molar-refractivity contribution in [3.05, 3.63) is 112 Å². The second-order valence-corrected chi connectivity index (χ2v) is 8.80. The summed E-state index contributed by atoms with van der Waals surface area (Å²) in [7, 11) is 0. The number of benzene rings is 3. The van der Waals surface area contributed by atoms with Crippen molar-refractivity contribution >= 4 is 17.8 Å². The monoisotopic (exact) mass is 496 g/mol. The molecule has 5 heteroatoms. The number of fused-ring (bicyclic) bond motifs is 1. The van der Waals surface area contributed by atoms with Gasteiger partial charge >= 0.3 is 0 Å². The number of hydrogen-bond acceptors (Lipinski definition) is 3. The first-order valence-corrected chi connectivity index (χ1v) is 11.4. The number of hydrogen-bond donors (Lipinski definition) is 1. The molecule has 1 aliphatic rings. The number of anilines is 1. The second-order valence-electron chi connectivity index (χ2n) is 8.80. The van der Waals surface area contributed by atoms with Gasteiger partial charge < -0.3 is 10.0 Å². The van der Waals surface area contributed by atoms with Gasteiger partial charge in [0.25, 0.3) is 0 Å². The smallest absolute Gasteiger partial charge is 0.238 e. The van der Waals surface area contributed by atoms with Crippen molar-refractivity contribution in [2.24, 2.45) is 10.2 Å². The standard InChI is InChI=1S/C29H31N3O.Co/c1-5-32-26-19-22(3)21(2)18-25(26)29(4,20-23-12-8-6-9-13-23)27(32)16-17-30-31-28(33)24-14-10-7-11-15-24;/h6-19H,5,20H2,1-4H3,(H,31,33);/b27-16-,30-17+;. The third-order valence-corrected chi connectivity index (χ3v) is 6.55. The Morgan fingerprint density at radius 3 is 2.24 bits per heavy atom. The zero-order valence-electron chi connectivity index (χ0n) is 20.1. The van der Waals surface area contributed by atoms with E-state index < -0.39 is 0 Å². The average Bonchev–Trinajstić information content (AvgIpc) is 3.04. The molecule has 0 fully saturated rings. The van der Waals surface area contributed by atoms with Crippen molar-refractivity contribution in [3.8, 4) is 0 Å². The Labute approximate surface area is 212 Å². The molecule has 1 aliphatic heterocycles. The fourth-order valence-corrected chi connectivity index (χ4v) is 4.67. The molecule has 3 aromatic rings. The predicted octanol–water partition coefficient (Wildman–Crippen LogP) is 6.52. The van der Waals surface area contributed by atoms with Gasteiger partial charge in [0.05, 0.1) is 6.21 Å². The molecule has 0 saturated carbocycles. The van der Waals surface area contributed by atoms with E-state index in [-0.39, 0.29) is 28.1 Å². The topological polar surface area (TPSA) is 48.2 Å². The first-order chi connectivity index (χ1) is 15.9. The Morgan fingerprint density at radius 2 is 1.59 bits per heavy atom. The molecule has 177 valence electrons. The van der Waals surface area contributed by atoms with E-state index in [0.29, 0.717) is 5.56 Å². The van der Waals surface area contributed by atoms with Gasteiger partial charge in [-0.2, -0.15) is 5.10 Å². The van der Waals surface area contributed by atoms with E-state index in [9.17, 15) is 5.11 Å². The normalized spacial score (nSPS) is 18.9. The Balaban J connectivity index is 0.00000324. The fourth-order valence-electron chi connectivity index (χ4n) is 4.67. The predicted molar refractivity (Wildman–Crippen MR) is 139 cm³/mol. The maximum absolute atomic E-state index is 10.2. The molecule has 0 aliphatic carbocycles. The zero-order valence-corrected chi connectivity index (χ0v) is 21.2. The number of aryl methyl sites for hydroxylation is 2. The molecule has 3 aromatic carbocycles. The van der Waals surface area contributed by atoms with Gasteiger partial charge in [-0.05, 0) is 80.6 Å². The number of likely N-dealkylation sites (N-methyl/N-ethyl adjacent to an activating group) is 1. The molecule has 1 radical (unpaired) electrons. The van der Waals surface area contributed by atoms with E-state index in [4.69, 9.17) is 0 Å². The van der Waals surface area contributed by atoms with Crippen molar-refractivity contribution in [1.82, 2.24) is 0 Å². The zero-order chi connectivity index (χ0) is 23.4. The summed E-state index contributed by atoms with van der Waals surface area (Å²) in [5.41, 5.74) is 8.11. The van der Waals surface area contributed by atoms with Gasteiger partial charge in [-0.25, -0.2) is 0 Å². The van der Waals surface area contributed by atoms with Gasteiger partial charge in [-0.15, -0.1) is 5.10 Å². The maximum atomic E-state index is 10.2. The van der Waals surface area contributed by atoms with Crippen LogP contribution in [-0.4, -0.2) is 23.8 Å². The van der Waals surface area contributed by atoms with Crippen molar-refractivity contribution in [2.75, 3.05) is 11.4 Å². The van der Waals surface area contributed by atoms with E-state index >= 15 is 0 Å². The molecule has 1 heterocycles. The van der Waals surface area contributed by atoms with Crippen molar-refractivity contribution < 1.29 is 21.9 Å². The molecule has 1 unspecified atom stereocenters. The number of allylic oxidation sites excluding steroid dienone is 2. The van der Waals surface area contributed by atoms with Crippen LogP contribution in [0.3, 0.4) is 0 Å². The SMILES string of the molecule is CCN1\C(=C/C=N/N=C(\O)c2ccccc2)C(C)(Cc2ccccc2)c2cc(C)c(C)cc21.[Co]. The maximum Gasteiger partial charge on any atom is 0.238 e. The molecule has 1 atom stereocenters. The minimum absolute atomic E-state index is 0. The van der Waals surface area contributed by atoms with Crippen molar-refractivity contribution in [1.29, 1.82) is 0 Å². The molecular formula is C29H31CoN3O. The molecule has 0 aromatic heterocycles. The first-order valence-electron chi connectivity index (χ1n) is 11.4. The van der Waals surface area contributed by atoms with Crippen LogP contribution in [0.5, 0.6) is 0 Å². The van der Waals surface area contributed by atoms with Crippen LogP contribution in [0.4, 0.5) is 5.69 Å². The summed E-state index contributed by atoms with van der Waals surface area (Å²) in [6, 6.07) is 24.5. The van der Waals surface area contributed by atoms with Crippen LogP contribution >= 0.6 is 0 Å². The average molecular weight is 497 g/mol. The number of rotatable bonds is 6. The molecule has 0 spiro atoms. The van der Waals surface area contributed by atoms with Gasteiger partial charge in [0.1, 0.15) is 0 Å². The summed E-state index contributed by atoms with van der Waals surface area (Å²) in [5.74, 6) is -0.0920. The molecule has 4 rings (SSSR count). The van der Waals surface area contributed by atoms with E-state index in [1.54, 1.807) is 18.3 Å². The van der Waals surface area contributed by atoms with Crippen LogP contribution in [0.15, 0.2) is 94.8 Å². The largest absolute Gasteiger partial charge is 0.492 e. The Hall–Kier alpha value is -3.15. The van der Waals surface area contributed by atoms with Gasteiger partial charge in [0.15, 0.2) is 0 Å². The van der Waals surface area contributed by atoms with Gasteiger partial charge in [0.2, 0.25) is 5.90 Å². The van der Waals surface area contributed by atoms with E-state index in [1.807, 2.05) is 24.3 Å². The molecule has 34 heavy (non-hydrogen) atoms. The molecule has 0 amide bonds. The van der Waals surface area contributed by atoms with Crippen molar-refractivity contribution in [2.45, 2.75) is 39.5 Å². The van der Waals surface area contributed by atoms with Crippen LogP contribution in [0.1, 0.15) is 41.7 Å². The third-order valence-electron chi connectivity index (χ3n) is 6.55. The van der Waals surface area contributed by atoms with Gasteiger partial charge in [0, 0.05) is 45.7 Å². The van der Waals surface area contributed by atoms with Crippen LogP contribution < -0.4 is 4.90 Å². The first kappa shape index (κ1) is 25.5. The molecule has 4 nitrogen and oxygen atoms in total. The molecule has 1 N–H and O–H groups in total. The minimum atomic E-state index is -0.206.